The summed E-state index contributed by atoms with van der Waals surface area (Å²) in [6.45, 7) is 7.67. The van der Waals surface area contributed by atoms with E-state index in [0.29, 0.717) is 6.42 Å². The van der Waals surface area contributed by atoms with Crippen LogP contribution in [0.5, 0.6) is 0 Å². The summed E-state index contributed by atoms with van der Waals surface area (Å²) in [6, 6.07) is 0. The third kappa shape index (κ3) is 7.97. The van der Waals surface area contributed by atoms with E-state index in [1.165, 1.54) is 25.7 Å². The zero-order chi connectivity index (χ0) is 9.94. The normalized spacial score (nSPS) is 10.7. The van der Waals surface area contributed by atoms with Crippen LogP contribution in [-0.2, 0) is 4.79 Å². The molecule has 0 atom stereocenters. The SMILES string of the molecule is CCCCN(CCC=O)CCCC. The highest BCUT2D eigenvalue weighted by atomic mass is 16.1. The first-order chi connectivity index (χ1) is 6.35. The number of carbonyl (C=O) groups is 1. The summed E-state index contributed by atoms with van der Waals surface area (Å²) >= 11 is 0. The largest absolute Gasteiger partial charge is 0.303 e. The van der Waals surface area contributed by atoms with Crippen LogP contribution < -0.4 is 0 Å². The molecule has 0 spiro atoms. The molecule has 0 N–H and O–H groups in total. The molecule has 0 saturated carbocycles. The van der Waals surface area contributed by atoms with E-state index in [9.17, 15) is 4.79 Å². The van der Waals surface area contributed by atoms with Crippen molar-refractivity contribution in [3.05, 3.63) is 0 Å². The minimum Gasteiger partial charge on any atom is -0.303 e. The maximum absolute atomic E-state index is 10.2. The Bertz CT molecular complexity index is 107. The zero-order valence-electron chi connectivity index (χ0n) is 9.09. The molecule has 0 heterocycles. The molecule has 0 aliphatic heterocycles. The number of nitrogens with zero attached hydrogens (tertiary/aromatic N) is 1. The van der Waals surface area contributed by atoms with Crippen LogP contribution in [0.15, 0.2) is 0 Å². The highest BCUT2D eigenvalue weighted by Gasteiger charge is 2.02. The topological polar surface area (TPSA) is 20.3 Å². The average molecular weight is 185 g/mol. The lowest BCUT2D eigenvalue weighted by molar-refractivity contribution is -0.108. The van der Waals surface area contributed by atoms with Gasteiger partial charge in [-0.15, -0.1) is 0 Å². The maximum Gasteiger partial charge on any atom is 0.121 e. The minimum absolute atomic E-state index is 0.688. The highest BCUT2D eigenvalue weighted by Crippen LogP contribution is 1.99. The van der Waals surface area contributed by atoms with Gasteiger partial charge in [0.25, 0.3) is 0 Å². The standard InChI is InChI=1S/C11H23NO/c1-3-5-8-12(9-6-4-2)10-7-11-13/h11H,3-10H2,1-2H3. The Hall–Kier alpha value is -0.370. The van der Waals surface area contributed by atoms with E-state index in [0.717, 1.165) is 25.9 Å². The smallest absolute Gasteiger partial charge is 0.121 e. The Morgan fingerprint density at radius 3 is 1.92 bits per heavy atom. The van der Waals surface area contributed by atoms with Crippen LogP contribution in [0.4, 0.5) is 0 Å². The molecule has 0 aliphatic rings. The number of rotatable bonds is 9. The monoisotopic (exact) mass is 185 g/mol. The summed E-state index contributed by atoms with van der Waals surface area (Å²) in [6.07, 6.45) is 6.69. The molecule has 0 amide bonds. The van der Waals surface area contributed by atoms with Gasteiger partial charge >= 0.3 is 0 Å². The van der Waals surface area contributed by atoms with Crippen molar-refractivity contribution in [3.63, 3.8) is 0 Å². The van der Waals surface area contributed by atoms with Crippen LogP contribution in [0.1, 0.15) is 46.0 Å². The summed E-state index contributed by atoms with van der Waals surface area (Å²) in [4.78, 5) is 12.6. The lowest BCUT2D eigenvalue weighted by Gasteiger charge is -2.20. The second-order valence-corrected chi connectivity index (χ2v) is 3.50. The Morgan fingerprint density at radius 1 is 1.00 bits per heavy atom. The minimum atomic E-state index is 0.688. The highest BCUT2D eigenvalue weighted by molar-refractivity contribution is 5.49. The van der Waals surface area contributed by atoms with Crippen molar-refractivity contribution in [2.45, 2.75) is 46.0 Å². The van der Waals surface area contributed by atoms with Gasteiger partial charge in [0, 0.05) is 13.0 Å². The Balaban J connectivity index is 3.52. The van der Waals surface area contributed by atoms with Gasteiger partial charge in [-0.05, 0) is 25.9 Å². The van der Waals surface area contributed by atoms with Gasteiger partial charge in [-0.1, -0.05) is 26.7 Å². The maximum atomic E-state index is 10.2. The van der Waals surface area contributed by atoms with Crippen molar-refractivity contribution in [2.75, 3.05) is 19.6 Å². The number of carbonyl (C=O) groups excluding carboxylic acids is 1. The van der Waals surface area contributed by atoms with Gasteiger partial charge in [-0.25, -0.2) is 0 Å². The average Bonchev–Trinajstić information content (AvgIpc) is 2.17. The van der Waals surface area contributed by atoms with Gasteiger partial charge < -0.3 is 9.69 Å². The fourth-order valence-electron chi connectivity index (χ4n) is 1.33. The van der Waals surface area contributed by atoms with E-state index < -0.39 is 0 Å². The molecular weight excluding hydrogens is 162 g/mol. The van der Waals surface area contributed by atoms with Crippen molar-refractivity contribution >= 4 is 6.29 Å². The predicted octanol–water partition coefficient (Wildman–Crippen LogP) is 2.48. The molecule has 0 unspecified atom stereocenters. The molecule has 0 fully saturated rings. The van der Waals surface area contributed by atoms with Crippen molar-refractivity contribution in [3.8, 4) is 0 Å². The molecule has 0 aromatic heterocycles. The molecule has 0 aliphatic carbocycles. The molecule has 0 aromatic rings. The first-order valence-corrected chi connectivity index (χ1v) is 5.51. The van der Waals surface area contributed by atoms with Crippen molar-refractivity contribution in [1.29, 1.82) is 0 Å². The molecule has 78 valence electrons. The van der Waals surface area contributed by atoms with E-state index >= 15 is 0 Å². The molecule has 13 heavy (non-hydrogen) atoms. The van der Waals surface area contributed by atoms with E-state index in [4.69, 9.17) is 0 Å². The molecule has 0 bridgehead atoms. The second-order valence-electron chi connectivity index (χ2n) is 3.50. The molecule has 0 radical (unpaired) electrons. The van der Waals surface area contributed by atoms with Crippen LogP contribution in [0.25, 0.3) is 0 Å². The first kappa shape index (κ1) is 12.6. The molecular formula is C11H23NO. The summed E-state index contributed by atoms with van der Waals surface area (Å²) in [5, 5.41) is 0. The van der Waals surface area contributed by atoms with E-state index in [1.54, 1.807) is 0 Å². The Morgan fingerprint density at radius 2 is 1.54 bits per heavy atom. The van der Waals surface area contributed by atoms with Gasteiger partial charge in [0.15, 0.2) is 0 Å². The summed E-state index contributed by atoms with van der Waals surface area (Å²) in [5.74, 6) is 0. The second kappa shape index (κ2) is 9.72. The summed E-state index contributed by atoms with van der Waals surface area (Å²) < 4.78 is 0. The van der Waals surface area contributed by atoms with Crippen LogP contribution in [0, 0.1) is 0 Å². The molecule has 0 rings (SSSR count). The number of aldehydes is 1. The fraction of sp³-hybridized carbons (Fsp3) is 0.909. The van der Waals surface area contributed by atoms with E-state index in [-0.39, 0.29) is 0 Å². The predicted molar refractivity (Wildman–Crippen MR) is 56.9 cm³/mol. The fourth-order valence-corrected chi connectivity index (χ4v) is 1.33. The van der Waals surface area contributed by atoms with E-state index in [2.05, 4.69) is 18.7 Å². The van der Waals surface area contributed by atoms with Crippen molar-refractivity contribution in [2.24, 2.45) is 0 Å². The third-order valence-corrected chi connectivity index (χ3v) is 2.22. The number of unbranched alkanes of at least 4 members (excludes halogenated alkanes) is 2. The van der Waals surface area contributed by atoms with Gasteiger partial charge in [0.1, 0.15) is 6.29 Å². The van der Waals surface area contributed by atoms with Gasteiger partial charge in [-0.2, -0.15) is 0 Å². The molecule has 0 aromatic carbocycles. The quantitative estimate of drug-likeness (QED) is 0.514. The first-order valence-electron chi connectivity index (χ1n) is 5.51. The van der Waals surface area contributed by atoms with Crippen LogP contribution in [0.3, 0.4) is 0 Å². The Kier molecular flexibility index (Phi) is 9.44. The summed E-state index contributed by atoms with van der Waals surface area (Å²) in [7, 11) is 0. The molecule has 2 heteroatoms. The van der Waals surface area contributed by atoms with Gasteiger partial charge in [0.05, 0.1) is 0 Å². The lowest BCUT2D eigenvalue weighted by atomic mass is 10.2. The lowest BCUT2D eigenvalue weighted by Crippen LogP contribution is -2.27. The Labute approximate surface area is 82.3 Å². The van der Waals surface area contributed by atoms with Crippen LogP contribution >= 0.6 is 0 Å². The summed E-state index contributed by atoms with van der Waals surface area (Å²) in [5.41, 5.74) is 0. The van der Waals surface area contributed by atoms with Crippen molar-refractivity contribution in [1.82, 2.24) is 4.90 Å². The number of hydrogen-bond donors (Lipinski definition) is 0. The van der Waals surface area contributed by atoms with Gasteiger partial charge in [0.2, 0.25) is 0 Å². The van der Waals surface area contributed by atoms with Gasteiger partial charge in [-0.3, -0.25) is 0 Å². The molecule has 2 nitrogen and oxygen atoms in total. The van der Waals surface area contributed by atoms with E-state index in [1.807, 2.05) is 0 Å². The van der Waals surface area contributed by atoms with Crippen LogP contribution in [0.2, 0.25) is 0 Å². The molecule has 0 saturated heterocycles. The zero-order valence-corrected chi connectivity index (χ0v) is 9.09. The third-order valence-electron chi connectivity index (χ3n) is 2.22. The van der Waals surface area contributed by atoms with Crippen LogP contribution in [-0.4, -0.2) is 30.8 Å². The number of hydrogen-bond acceptors (Lipinski definition) is 2. The van der Waals surface area contributed by atoms with Crippen molar-refractivity contribution < 1.29 is 4.79 Å².